The molecule has 3 rings (SSSR count). The highest BCUT2D eigenvalue weighted by molar-refractivity contribution is 7.90. The molecule has 2 N–H and O–H groups in total. The first kappa shape index (κ1) is 37.2. The van der Waals surface area contributed by atoms with Crippen LogP contribution >= 0.6 is 11.6 Å². The molecule has 0 saturated carbocycles. The average Bonchev–Trinajstić information content (AvgIpc) is 3.29. The zero-order chi connectivity index (χ0) is 33.7. The third-order valence-electron chi connectivity index (χ3n) is 8.26. The van der Waals surface area contributed by atoms with Crippen LogP contribution in [-0.4, -0.2) is 43.8 Å². The topological polar surface area (TPSA) is 119 Å². The van der Waals surface area contributed by atoms with E-state index in [9.17, 15) is 18.0 Å². The number of aryl methyl sites for hydroxylation is 1. The summed E-state index contributed by atoms with van der Waals surface area (Å²) in [5.41, 5.74) is 2.28. The van der Waals surface area contributed by atoms with Crippen LogP contribution in [0.25, 0.3) is 5.69 Å². The lowest BCUT2D eigenvalue weighted by atomic mass is 9.93. The number of hydrogen-bond donors (Lipinski definition) is 2. The Morgan fingerprint density at radius 3 is 2.17 bits per heavy atom. The van der Waals surface area contributed by atoms with Crippen molar-refractivity contribution in [3.05, 3.63) is 68.5 Å². The molecule has 0 fully saturated rings. The molecule has 0 aliphatic carbocycles. The molecule has 0 radical (unpaired) electrons. The number of rotatable bonds is 19. The maximum Gasteiger partial charge on any atom is 0.412 e. The van der Waals surface area contributed by atoms with Gasteiger partial charge in [0.1, 0.15) is 24.8 Å². The van der Waals surface area contributed by atoms with Crippen LogP contribution in [0.3, 0.4) is 0 Å². The number of aromatic nitrogens is 2. The van der Waals surface area contributed by atoms with Gasteiger partial charge in [0.05, 0.1) is 16.1 Å². The van der Waals surface area contributed by atoms with Crippen molar-refractivity contribution < 1.29 is 22.7 Å². The number of carbonyl (C=O) groups excluding carboxylic acids is 1. The fraction of sp³-hybridized carbons (Fsp3) is 0.543. The summed E-state index contributed by atoms with van der Waals surface area (Å²) in [4.78, 5) is 25.4. The molecule has 2 aromatic carbocycles. The van der Waals surface area contributed by atoms with Crippen molar-refractivity contribution in [1.82, 2.24) is 9.78 Å². The van der Waals surface area contributed by atoms with Crippen molar-refractivity contribution in [2.75, 3.05) is 24.8 Å². The highest BCUT2D eigenvalue weighted by atomic mass is 35.5. The van der Waals surface area contributed by atoms with Gasteiger partial charge in [-0.2, -0.15) is 0 Å². The number of halogens is 1. The second-order valence-electron chi connectivity index (χ2n) is 12.1. The van der Waals surface area contributed by atoms with Gasteiger partial charge < -0.3 is 9.47 Å². The molecule has 9 nitrogen and oxygen atoms in total. The fourth-order valence-electron chi connectivity index (χ4n) is 5.37. The SMILES string of the molecule is CCCCCCCCCCCCC(C)c1cc(Cl)c(C)cc1OCCOC(=O)Nc1[nH]n(-c2ccc(S(C)(=O)=O)cc2)c(=O)c1C. The van der Waals surface area contributed by atoms with Gasteiger partial charge in [-0.15, -0.1) is 0 Å². The Morgan fingerprint density at radius 1 is 0.957 bits per heavy atom. The van der Waals surface area contributed by atoms with E-state index >= 15 is 0 Å². The standard InChI is InChI=1S/C35H50ClN3O6S/c1-6-7-8-9-10-11-12-13-14-15-16-25(2)30-24-31(36)26(3)23-32(30)44-21-22-45-35(41)37-33-27(4)34(40)39(38-33)28-17-19-29(20-18-28)46(5,42)43/h17-20,23-25,38H,6-16,21-22H2,1-5H3,(H,37,41). The second-order valence-corrected chi connectivity index (χ2v) is 14.6. The lowest BCUT2D eigenvalue weighted by Gasteiger charge is -2.19. The maximum absolute atomic E-state index is 12.8. The first-order valence-electron chi connectivity index (χ1n) is 16.4. The van der Waals surface area contributed by atoms with Gasteiger partial charge in [0.25, 0.3) is 5.56 Å². The van der Waals surface area contributed by atoms with Crippen LogP contribution in [0.15, 0.2) is 46.1 Å². The Balaban J connectivity index is 1.47. The van der Waals surface area contributed by atoms with Gasteiger partial charge in [-0.05, 0) is 73.7 Å². The van der Waals surface area contributed by atoms with E-state index in [4.69, 9.17) is 21.1 Å². The summed E-state index contributed by atoms with van der Waals surface area (Å²) in [6.07, 6.45) is 14.4. The molecule has 1 heterocycles. The summed E-state index contributed by atoms with van der Waals surface area (Å²) in [7, 11) is -3.37. The lowest BCUT2D eigenvalue weighted by Crippen LogP contribution is -2.19. The van der Waals surface area contributed by atoms with Gasteiger partial charge in [-0.25, -0.2) is 17.9 Å². The van der Waals surface area contributed by atoms with Gasteiger partial charge in [0, 0.05) is 11.3 Å². The third-order valence-corrected chi connectivity index (χ3v) is 9.80. The Bertz CT molecular complexity index is 1580. The Morgan fingerprint density at radius 2 is 1.57 bits per heavy atom. The van der Waals surface area contributed by atoms with Crippen LogP contribution in [0.5, 0.6) is 5.75 Å². The van der Waals surface area contributed by atoms with Crippen molar-refractivity contribution >= 4 is 33.3 Å². The number of anilines is 1. The van der Waals surface area contributed by atoms with Gasteiger partial charge in [0.15, 0.2) is 9.84 Å². The smallest absolute Gasteiger partial charge is 0.412 e. The fourth-order valence-corrected chi connectivity index (χ4v) is 6.17. The number of aromatic amines is 1. The van der Waals surface area contributed by atoms with Crippen molar-refractivity contribution in [2.45, 2.75) is 109 Å². The van der Waals surface area contributed by atoms with E-state index < -0.39 is 15.9 Å². The van der Waals surface area contributed by atoms with Crippen molar-refractivity contribution in [1.29, 1.82) is 0 Å². The van der Waals surface area contributed by atoms with Gasteiger partial charge >= 0.3 is 6.09 Å². The molecule has 3 aromatic rings. The Hall–Kier alpha value is -3.24. The molecule has 1 atom stereocenters. The molecule has 11 heteroatoms. The van der Waals surface area contributed by atoms with Crippen LogP contribution in [0.1, 0.15) is 107 Å². The predicted molar refractivity (Wildman–Crippen MR) is 186 cm³/mol. The summed E-state index contributed by atoms with van der Waals surface area (Å²) in [6.45, 7) is 8.10. The molecule has 0 bridgehead atoms. The molecule has 46 heavy (non-hydrogen) atoms. The molecular formula is C35H50ClN3O6S. The minimum atomic E-state index is -3.37. The predicted octanol–water partition coefficient (Wildman–Crippen LogP) is 8.88. The van der Waals surface area contributed by atoms with E-state index in [2.05, 4.69) is 24.3 Å². The number of ether oxygens (including phenoxy) is 2. The molecule has 0 aliphatic heterocycles. The van der Waals surface area contributed by atoms with E-state index in [0.29, 0.717) is 10.7 Å². The summed E-state index contributed by atoms with van der Waals surface area (Å²) in [5.74, 6) is 1.20. The quantitative estimate of drug-likeness (QED) is 0.123. The highest BCUT2D eigenvalue weighted by Crippen LogP contribution is 2.35. The van der Waals surface area contributed by atoms with E-state index in [-0.39, 0.29) is 41.0 Å². The third kappa shape index (κ3) is 11.2. The first-order chi connectivity index (χ1) is 21.9. The summed E-state index contributed by atoms with van der Waals surface area (Å²) in [5, 5.41) is 6.11. The first-order valence-corrected chi connectivity index (χ1v) is 18.7. The number of amides is 1. The number of H-pyrrole nitrogens is 1. The number of carbonyl (C=O) groups is 1. The maximum atomic E-state index is 12.8. The van der Waals surface area contributed by atoms with E-state index in [1.807, 2.05) is 19.1 Å². The lowest BCUT2D eigenvalue weighted by molar-refractivity contribution is 0.137. The van der Waals surface area contributed by atoms with Crippen molar-refractivity contribution in [3.63, 3.8) is 0 Å². The van der Waals surface area contributed by atoms with Crippen LogP contribution in [0, 0.1) is 13.8 Å². The molecule has 1 amide bonds. The van der Waals surface area contributed by atoms with Gasteiger partial charge in [0.2, 0.25) is 0 Å². The average molecular weight is 676 g/mol. The number of benzene rings is 2. The molecule has 254 valence electrons. The van der Waals surface area contributed by atoms with Crippen molar-refractivity contribution in [3.8, 4) is 11.4 Å². The minimum Gasteiger partial charge on any atom is -0.490 e. The van der Waals surface area contributed by atoms with Crippen LogP contribution < -0.4 is 15.6 Å². The van der Waals surface area contributed by atoms with E-state index in [1.165, 1.54) is 86.7 Å². The molecular weight excluding hydrogens is 626 g/mol. The number of sulfone groups is 1. The number of hydrogen-bond acceptors (Lipinski definition) is 6. The molecule has 0 saturated heterocycles. The largest absolute Gasteiger partial charge is 0.490 e. The molecule has 1 aromatic heterocycles. The summed E-state index contributed by atoms with van der Waals surface area (Å²) >= 11 is 6.48. The molecule has 0 aliphatic rings. The van der Waals surface area contributed by atoms with Crippen LogP contribution in [0.2, 0.25) is 5.02 Å². The molecule has 1 unspecified atom stereocenters. The van der Waals surface area contributed by atoms with Gasteiger partial charge in [-0.3, -0.25) is 15.2 Å². The second kappa shape index (κ2) is 18.2. The monoisotopic (exact) mass is 675 g/mol. The number of nitrogens with one attached hydrogen (secondary N) is 2. The Labute approximate surface area is 278 Å². The van der Waals surface area contributed by atoms with Crippen LogP contribution in [-0.2, 0) is 14.6 Å². The zero-order valence-corrected chi connectivity index (χ0v) is 29.5. The highest BCUT2D eigenvalue weighted by Gasteiger charge is 2.17. The Kier molecular flexibility index (Phi) is 14.7. The summed E-state index contributed by atoms with van der Waals surface area (Å²) < 4.78 is 36.1. The van der Waals surface area contributed by atoms with E-state index in [1.54, 1.807) is 6.92 Å². The summed E-state index contributed by atoms with van der Waals surface area (Å²) in [6, 6.07) is 9.78. The normalized spacial score (nSPS) is 12.2. The molecule has 0 spiro atoms. The van der Waals surface area contributed by atoms with Crippen LogP contribution in [0.4, 0.5) is 10.6 Å². The van der Waals surface area contributed by atoms with Gasteiger partial charge in [-0.1, -0.05) is 89.7 Å². The number of nitrogens with zero attached hydrogens (tertiary/aromatic N) is 1. The zero-order valence-electron chi connectivity index (χ0n) is 27.9. The van der Waals surface area contributed by atoms with E-state index in [0.717, 1.165) is 36.0 Å². The van der Waals surface area contributed by atoms with Crippen molar-refractivity contribution in [2.24, 2.45) is 0 Å². The minimum absolute atomic E-state index is 0.00326. The number of unbranched alkanes of at least 4 members (excludes halogenated alkanes) is 9.